The van der Waals surface area contributed by atoms with Crippen molar-refractivity contribution < 1.29 is 9.13 Å². The number of aromatic amines is 1. The molecule has 3 N–H and O–H groups in total. The Balaban J connectivity index is 1.74. The molecule has 0 radical (unpaired) electrons. The summed E-state index contributed by atoms with van der Waals surface area (Å²) < 4.78 is 19.3. The number of hydrogen-bond donors (Lipinski definition) is 2. The van der Waals surface area contributed by atoms with Gasteiger partial charge < -0.3 is 15.5 Å². The van der Waals surface area contributed by atoms with Crippen molar-refractivity contribution in [2.45, 2.75) is 32.1 Å². The summed E-state index contributed by atoms with van der Waals surface area (Å²) in [7, 11) is 0. The minimum atomic E-state index is -0.224. The van der Waals surface area contributed by atoms with E-state index in [0.717, 1.165) is 48.1 Å². The standard InChI is InChI=1S/C21H25FN2O/c1-2-3-10-25-18-7-4-15(5-8-18)11-16(13-23)20-14-24-21-9-6-17(22)12-19(20)21/h4-9,12,14,16,24H,2-3,10-11,13,23H2,1H3. The minimum absolute atomic E-state index is 0.141. The number of aromatic nitrogens is 1. The lowest BCUT2D eigenvalue weighted by atomic mass is 9.91. The molecule has 0 aliphatic heterocycles. The first-order chi connectivity index (χ1) is 12.2. The molecule has 0 fully saturated rings. The Morgan fingerprint density at radius 3 is 2.68 bits per heavy atom. The Bertz CT molecular complexity index is 810. The normalized spacial score (nSPS) is 12.4. The van der Waals surface area contributed by atoms with Gasteiger partial charge in [-0.1, -0.05) is 25.5 Å². The third-order valence-electron chi connectivity index (χ3n) is 4.57. The van der Waals surface area contributed by atoms with Crippen molar-refractivity contribution >= 4 is 10.9 Å². The molecule has 0 aliphatic carbocycles. The van der Waals surface area contributed by atoms with E-state index in [2.05, 4.69) is 24.0 Å². The largest absolute Gasteiger partial charge is 0.494 e. The molecule has 0 amide bonds. The molecule has 1 heterocycles. The summed E-state index contributed by atoms with van der Waals surface area (Å²) >= 11 is 0. The van der Waals surface area contributed by atoms with Crippen LogP contribution in [0.5, 0.6) is 5.75 Å². The maximum absolute atomic E-state index is 13.6. The maximum Gasteiger partial charge on any atom is 0.123 e. The highest BCUT2D eigenvalue weighted by Crippen LogP contribution is 2.29. The van der Waals surface area contributed by atoms with E-state index >= 15 is 0 Å². The molecule has 1 aromatic heterocycles. The summed E-state index contributed by atoms with van der Waals surface area (Å²) in [6.45, 7) is 3.41. The van der Waals surface area contributed by atoms with Gasteiger partial charge >= 0.3 is 0 Å². The zero-order valence-electron chi connectivity index (χ0n) is 14.6. The lowest BCUT2D eigenvalue weighted by molar-refractivity contribution is 0.309. The summed E-state index contributed by atoms with van der Waals surface area (Å²) in [5, 5.41) is 0.912. The molecule has 0 saturated heterocycles. The molecule has 2 aromatic carbocycles. The van der Waals surface area contributed by atoms with Crippen LogP contribution in [0.25, 0.3) is 10.9 Å². The number of nitrogens with two attached hydrogens (primary N) is 1. The Morgan fingerprint density at radius 1 is 1.16 bits per heavy atom. The molecule has 0 spiro atoms. The summed E-state index contributed by atoms with van der Waals surface area (Å²) in [5.41, 5.74) is 9.23. The van der Waals surface area contributed by atoms with Crippen molar-refractivity contribution in [3.8, 4) is 5.75 Å². The van der Waals surface area contributed by atoms with Gasteiger partial charge in [0, 0.05) is 23.0 Å². The van der Waals surface area contributed by atoms with E-state index in [1.165, 1.54) is 11.6 Å². The molecule has 25 heavy (non-hydrogen) atoms. The molecule has 1 atom stereocenters. The van der Waals surface area contributed by atoms with E-state index < -0.39 is 0 Å². The summed E-state index contributed by atoms with van der Waals surface area (Å²) in [6, 6.07) is 13.0. The number of halogens is 1. The van der Waals surface area contributed by atoms with Crippen LogP contribution in [0, 0.1) is 5.82 Å². The van der Waals surface area contributed by atoms with Crippen LogP contribution in [0.3, 0.4) is 0 Å². The smallest absolute Gasteiger partial charge is 0.123 e. The number of fused-ring (bicyclic) bond motifs is 1. The van der Waals surface area contributed by atoms with Crippen molar-refractivity contribution in [1.29, 1.82) is 0 Å². The van der Waals surface area contributed by atoms with Gasteiger partial charge in [-0.2, -0.15) is 0 Å². The van der Waals surface area contributed by atoms with Gasteiger partial charge in [0.15, 0.2) is 0 Å². The Labute approximate surface area is 148 Å². The molecule has 1 unspecified atom stereocenters. The monoisotopic (exact) mass is 340 g/mol. The fourth-order valence-corrected chi connectivity index (χ4v) is 3.11. The van der Waals surface area contributed by atoms with Gasteiger partial charge in [-0.25, -0.2) is 4.39 Å². The van der Waals surface area contributed by atoms with Crippen molar-refractivity contribution in [2.75, 3.05) is 13.2 Å². The fourth-order valence-electron chi connectivity index (χ4n) is 3.11. The third-order valence-corrected chi connectivity index (χ3v) is 4.57. The quantitative estimate of drug-likeness (QED) is 0.580. The number of hydrogen-bond acceptors (Lipinski definition) is 2. The zero-order chi connectivity index (χ0) is 17.6. The number of H-pyrrole nitrogens is 1. The summed E-state index contributed by atoms with van der Waals surface area (Å²) in [5.74, 6) is 0.816. The zero-order valence-corrected chi connectivity index (χ0v) is 14.6. The van der Waals surface area contributed by atoms with Crippen LogP contribution in [0.4, 0.5) is 4.39 Å². The first kappa shape index (κ1) is 17.5. The number of nitrogens with one attached hydrogen (secondary N) is 1. The van der Waals surface area contributed by atoms with Crippen LogP contribution in [0.15, 0.2) is 48.7 Å². The SMILES string of the molecule is CCCCOc1ccc(CC(CN)c2c[nH]c3ccc(F)cc23)cc1. The first-order valence-electron chi connectivity index (χ1n) is 8.89. The predicted molar refractivity (Wildman–Crippen MR) is 101 cm³/mol. The van der Waals surface area contributed by atoms with Crippen molar-refractivity contribution in [1.82, 2.24) is 4.98 Å². The lowest BCUT2D eigenvalue weighted by Crippen LogP contribution is -2.14. The average molecular weight is 340 g/mol. The van der Waals surface area contributed by atoms with Crippen LogP contribution in [-0.2, 0) is 6.42 Å². The molecular formula is C21H25FN2O. The number of benzene rings is 2. The molecule has 0 saturated carbocycles. The fraction of sp³-hybridized carbons (Fsp3) is 0.333. The van der Waals surface area contributed by atoms with Crippen molar-refractivity contribution in [3.05, 3.63) is 65.6 Å². The molecule has 0 bridgehead atoms. The molecule has 3 nitrogen and oxygen atoms in total. The van der Waals surface area contributed by atoms with Crippen LogP contribution >= 0.6 is 0 Å². The number of unbranched alkanes of at least 4 members (excludes halogenated alkanes) is 1. The van der Waals surface area contributed by atoms with Gasteiger partial charge in [-0.15, -0.1) is 0 Å². The Kier molecular flexibility index (Phi) is 5.71. The molecule has 0 aliphatic rings. The number of rotatable bonds is 8. The van der Waals surface area contributed by atoms with E-state index in [1.54, 1.807) is 12.1 Å². The molecule has 3 aromatic rings. The van der Waals surface area contributed by atoms with Gasteiger partial charge in [-0.3, -0.25) is 0 Å². The van der Waals surface area contributed by atoms with E-state index in [1.807, 2.05) is 18.3 Å². The first-order valence-corrected chi connectivity index (χ1v) is 8.89. The van der Waals surface area contributed by atoms with E-state index in [-0.39, 0.29) is 11.7 Å². The highest BCUT2D eigenvalue weighted by atomic mass is 19.1. The topological polar surface area (TPSA) is 51.0 Å². The van der Waals surface area contributed by atoms with Crippen LogP contribution in [-0.4, -0.2) is 18.1 Å². The highest BCUT2D eigenvalue weighted by molar-refractivity contribution is 5.83. The van der Waals surface area contributed by atoms with E-state index in [9.17, 15) is 4.39 Å². The Hall–Kier alpha value is -2.33. The second kappa shape index (κ2) is 8.17. The summed E-state index contributed by atoms with van der Waals surface area (Å²) in [6.07, 6.45) is 4.95. The van der Waals surface area contributed by atoms with Gasteiger partial charge in [0.2, 0.25) is 0 Å². The second-order valence-corrected chi connectivity index (χ2v) is 6.42. The van der Waals surface area contributed by atoms with Gasteiger partial charge in [0.1, 0.15) is 11.6 Å². The van der Waals surface area contributed by atoms with Gasteiger partial charge in [0.25, 0.3) is 0 Å². The maximum atomic E-state index is 13.6. The van der Waals surface area contributed by atoms with E-state index in [0.29, 0.717) is 6.54 Å². The van der Waals surface area contributed by atoms with Crippen LogP contribution < -0.4 is 10.5 Å². The average Bonchev–Trinajstić information content (AvgIpc) is 3.04. The molecular weight excluding hydrogens is 315 g/mol. The lowest BCUT2D eigenvalue weighted by Gasteiger charge is -2.15. The molecule has 132 valence electrons. The highest BCUT2D eigenvalue weighted by Gasteiger charge is 2.16. The van der Waals surface area contributed by atoms with Gasteiger partial charge in [-0.05, 0) is 60.8 Å². The predicted octanol–water partition coefficient (Wildman–Crippen LogP) is 4.77. The van der Waals surface area contributed by atoms with Crippen LogP contribution in [0.1, 0.15) is 36.8 Å². The second-order valence-electron chi connectivity index (χ2n) is 6.42. The van der Waals surface area contributed by atoms with Crippen molar-refractivity contribution in [2.24, 2.45) is 5.73 Å². The Morgan fingerprint density at radius 2 is 1.96 bits per heavy atom. The van der Waals surface area contributed by atoms with Crippen LogP contribution in [0.2, 0.25) is 0 Å². The molecule has 4 heteroatoms. The summed E-state index contributed by atoms with van der Waals surface area (Å²) in [4.78, 5) is 3.21. The minimum Gasteiger partial charge on any atom is -0.494 e. The van der Waals surface area contributed by atoms with Gasteiger partial charge in [0.05, 0.1) is 6.61 Å². The van der Waals surface area contributed by atoms with Crippen molar-refractivity contribution in [3.63, 3.8) is 0 Å². The van der Waals surface area contributed by atoms with E-state index in [4.69, 9.17) is 10.5 Å². The molecule has 3 rings (SSSR count). The third kappa shape index (κ3) is 4.20. The number of ether oxygens (including phenoxy) is 1.